The maximum absolute atomic E-state index is 9.14. The molecule has 0 atom stereocenters. The number of rotatable bonds is 6. The number of aromatic hydroxyl groups is 1. The average Bonchev–Trinajstić information content (AvgIpc) is 2.84. The summed E-state index contributed by atoms with van der Waals surface area (Å²) in [5.41, 5.74) is 1.18. The van der Waals surface area contributed by atoms with Gasteiger partial charge in [-0.1, -0.05) is 12.1 Å². The lowest BCUT2D eigenvalue weighted by Gasteiger charge is -2.04. The van der Waals surface area contributed by atoms with Crippen molar-refractivity contribution < 1.29 is 5.11 Å². The molecule has 0 bridgehead atoms. The highest BCUT2D eigenvalue weighted by molar-refractivity contribution is 5.25. The molecule has 17 heavy (non-hydrogen) atoms. The summed E-state index contributed by atoms with van der Waals surface area (Å²) in [4.78, 5) is 7.26. The summed E-state index contributed by atoms with van der Waals surface area (Å²) in [6.07, 6.45) is 5.65. The van der Waals surface area contributed by atoms with Crippen LogP contribution in [0.3, 0.4) is 0 Å². The Morgan fingerprint density at radius 1 is 1.24 bits per heavy atom. The van der Waals surface area contributed by atoms with E-state index < -0.39 is 0 Å². The van der Waals surface area contributed by atoms with Crippen LogP contribution in [-0.4, -0.2) is 21.6 Å². The van der Waals surface area contributed by atoms with Crippen molar-refractivity contribution in [1.82, 2.24) is 15.3 Å². The van der Waals surface area contributed by atoms with Crippen LogP contribution in [0.2, 0.25) is 0 Å². The first-order chi connectivity index (χ1) is 8.34. The average molecular weight is 231 g/mol. The van der Waals surface area contributed by atoms with Gasteiger partial charge in [-0.15, -0.1) is 0 Å². The third-order valence-corrected chi connectivity index (χ3v) is 2.59. The lowest BCUT2D eigenvalue weighted by Crippen LogP contribution is -2.15. The van der Waals surface area contributed by atoms with E-state index in [1.165, 1.54) is 5.56 Å². The Bertz CT molecular complexity index is 422. The molecule has 3 N–H and O–H groups in total. The van der Waals surface area contributed by atoms with E-state index in [1.54, 1.807) is 18.3 Å². The molecule has 0 aliphatic heterocycles. The number of phenols is 1. The van der Waals surface area contributed by atoms with Gasteiger partial charge in [-0.25, -0.2) is 4.98 Å². The summed E-state index contributed by atoms with van der Waals surface area (Å²) >= 11 is 0. The van der Waals surface area contributed by atoms with Crippen LogP contribution >= 0.6 is 0 Å². The maximum atomic E-state index is 9.14. The molecule has 4 nitrogen and oxygen atoms in total. The molecule has 0 fully saturated rings. The van der Waals surface area contributed by atoms with E-state index in [9.17, 15) is 0 Å². The smallest absolute Gasteiger partial charge is 0.115 e. The predicted molar refractivity (Wildman–Crippen MR) is 66.7 cm³/mol. The largest absolute Gasteiger partial charge is 0.508 e. The second kappa shape index (κ2) is 6.06. The van der Waals surface area contributed by atoms with E-state index in [1.807, 2.05) is 18.3 Å². The van der Waals surface area contributed by atoms with Crippen molar-refractivity contribution in [2.24, 2.45) is 0 Å². The lowest BCUT2D eigenvalue weighted by atomic mass is 10.2. The quantitative estimate of drug-likeness (QED) is 0.665. The number of hydrogen-bond acceptors (Lipinski definition) is 3. The minimum atomic E-state index is 0.312. The van der Waals surface area contributed by atoms with Crippen LogP contribution < -0.4 is 5.32 Å². The van der Waals surface area contributed by atoms with Gasteiger partial charge < -0.3 is 15.4 Å². The van der Waals surface area contributed by atoms with E-state index in [0.717, 1.165) is 31.8 Å². The highest BCUT2D eigenvalue weighted by atomic mass is 16.3. The van der Waals surface area contributed by atoms with E-state index in [-0.39, 0.29) is 0 Å². The van der Waals surface area contributed by atoms with E-state index in [2.05, 4.69) is 15.3 Å². The number of nitrogens with zero attached hydrogens (tertiary/aromatic N) is 1. The van der Waals surface area contributed by atoms with Crippen LogP contribution in [0.4, 0.5) is 0 Å². The molecule has 0 amide bonds. The zero-order valence-electron chi connectivity index (χ0n) is 9.69. The van der Waals surface area contributed by atoms with Gasteiger partial charge in [0.1, 0.15) is 11.6 Å². The van der Waals surface area contributed by atoms with Gasteiger partial charge in [0.2, 0.25) is 0 Å². The zero-order chi connectivity index (χ0) is 11.9. The molecule has 0 unspecified atom stereocenters. The van der Waals surface area contributed by atoms with Crippen molar-refractivity contribution in [1.29, 1.82) is 0 Å². The molecule has 1 heterocycles. The maximum Gasteiger partial charge on any atom is 0.115 e. The molecule has 4 heteroatoms. The lowest BCUT2D eigenvalue weighted by molar-refractivity contribution is 0.475. The number of phenolic OH excluding ortho intramolecular Hbond substituents is 1. The van der Waals surface area contributed by atoms with E-state index >= 15 is 0 Å². The van der Waals surface area contributed by atoms with Gasteiger partial charge >= 0.3 is 0 Å². The standard InChI is InChI=1S/C13H17N3O/c17-12-5-3-11(4-6-12)10-14-7-1-2-13-15-8-9-16-13/h3-6,8-9,14,17H,1-2,7,10H2,(H,15,16). The molecule has 0 saturated heterocycles. The summed E-state index contributed by atoms with van der Waals surface area (Å²) in [5.74, 6) is 1.35. The van der Waals surface area contributed by atoms with Crippen LogP contribution in [0.5, 0.6) is 5.75 Å². The van der Waals surface area contributed by atoms with Gasteiger partial charge in [-0.05, 0) is 30.7 Å². The fourth-order valence-corrected chi connectivity index (χ4v) is 1.66. The fraction of sp³-hybridized carbons (Fsp3) is 0.308. The van der Waals surface area contributed by atoms with Crippen LogP contribution in [0.1, 0.15) is 17.8 Å². The Balaban J connectivity index is 1.61. The van der Waals surface area contributed by atoms with Gasteiger partial charge in [0.15, 0.2) is 0 Å². The molecule has 2 aromatic rings. The Morgan fingerprint density at radius 3 is 2.76 bits per heavy atom. The molecule has 0 aliphatic carbocycles. The molecule has 0 saturated carbocycles. The first kappa shape index (κ1) is 11.7. The van der Waals surface area contributed by atoms with Crippen LogP contribution in [-0.2, 0) is 13.0 Å². The van der Waals surface area contributed by atoms with Gasteiger partial charge in [-0.3, -0.25) is 0 Å². The van der Waals surface area contributed by atoms with Crippen molar-refractivity contribution in [2.75, 3.05) is 6.54 Å². The van der Waals surface area contributed by atoms with Crippen LogP contribution in [0.25, 0.3) is 0 Å². The monoisotopic (exact) mass is 231 g/mol. The summed E-state index contributed by atoms with van der Waals surface area (Å²) in [5, 5.41) is 12.5. The van der Waals surface area contributed by atoms with Crippen molar-refractivity contribution in [3.8, 4) is 5.75 Å². The Kier molecular flexibility index (Phi) is 4.16. The van der Waals surface area contributed by atoms with E-state index in [4.69, 9.17) is 5.11 Å². The number of H-pyrrole nitrogens is 1. The second-order valence-electron chi connectivity index (χ2n) is 3.98. The molecular formula is C13H17N3O. The van der Waals surface area contributed by atoms with Crippen molar-refractivity contribution in [3.63, 3.8) is 0 Å². The van der Waals surface area contributed by atoms with Crippen molar-refractivity contribution in [2.45, 2.75) is 19.4 Å². The number of benzene rings is 1. The molecule has 0 radical (unpaired) electrons. The number of nitrogens with one attached hydrogen (secondary N) is 2. The molecule has 0 spiro atoms. The number of aryl methyl sites for hydroxylation is 1. The third kappa shape index (κ3) is 3.92. The summed E-state index contributed by atoms with van der Waals surface area (Å²) in [7, 11) is 0. The topological polar surface area (TPSA) is 60.9 Å². The number of aromatic nitrogens is 2. The van der Waals surface area contributed by atoms with Gasteiger partial charge in [-0.2, -0.15) is 0 Å². The summed E-state index contributed by atoms with van der Waals surface area (Å²) in [6.45, 7) is 1.79. The van der Waals surface area contributed by atoms with Crippen molar-refractivity contribution >= 4 is 0 Å². The van der Waals surface area contributed by atoms with Gasteiger partial charge in [0.05, 0.1) is 0 Å². The highest BCUT2D eigenvalue weighted by Gasteiger charge is 1.95. The molecular weight excluding hydrogens is 214 g/mol. The van der Waals surface area contributed by atoms with Gasteiger partial charge in [0.25, 0.3) is 0 Å². The van der Waals surface area contributed by atoms with Crippen LogP contribution in [0.15, 0.2) is 36.7 Å². The Labute approximate surface area is 101 Å². The first-order valence-corrected chi connectivity index (χ1v) is 5.81. The minimum absolute atomic E-state index is 0.312. The molecule has 1 aromatic heterocycles. The summed E-state index contributed by atoms with van der Waals surface area (Å²) < 4.78 is 0. The van der Waals surface area contributed by atoms with Gasteiger partial charge in [0, 0.05) is 25.4 Å². The Hall–Kier alpha value is -1.81. The fourth-order valence-electron chi connectivity index (χ4n) is 1.66. The molecule has 1 aromatic carbocycles. The zero-order valence-corrected chi connectivity index (χ0v) is 9.69. The normalized spacial score (nSPS) is 10.6. The number of aromatic amines is 1. The highest BCUT2D eigenvalue weighted by Crippen LogP contribution is 2.09. The Morgan fingerprint density at radius 2 is 2.06 bits per heavy atom. The first-order valence-electron chi connectivity index (χ1n) is 5.81. The minimum Gasteiger partial charge on any atom is -0.508 e. The number of hydrogen-bond donors (Lipinski definition) is 3. The molecule has 90 valence electrons. The second-order valence-corrected chi connectivity index (χ2v) is 3.98. The third-order valence-electron chi connectivity index (χ3n) is 2.59. The van der Waals surface area contributed by atoms with E-state index in [0.29, 0.717) is 5.75 Å². The summed E-state index contributed by atoms with van der Waals surface area (Å²) in [6, 6.07) is 7.27. The molecule has 0 aliphatic rings. The van der Waals surface area contributed by atoms with Crippen molar-refractivity contribution in [3.05, 3.63) is 48.0 Å². The predicted octanol–water partition coefficient (Wildman–Crippen LogP) is 1.84. The van der Waals surface area contributed by atoms with Crippen LogP contribution in [0, 0.1) is 0 Å². The molecule has 2 rings (SSSR count). The SMILES string of the molecule is Oc1ccc(CNCCCc2ncc[nH]2)cc1. The number of imidazole rings is 1.